The molecule has 0 radical (unpaired) electrons. The first-order valence-electron chi connectivity index (χ1n) is 12.7. The Morgan fingerprint density at radius 2 is 1.32 bits per heavy atom. The maximum absolute atomic E-state index is 13.8. The summed E-state index contributed by atoms with van der Waals surface area (Å²) >= 11 is 0. The number of methoxy groups -OCH3 is 2. The standard InChI is InChI=1S/C33H32N2O3/c1-35-22-30(28-16-10-11-17-31(28)35)29(25-18-26(37-2)20-27(19-25)38-3)21-32(36)34-33(23-12-6-4-7-13-23)24-14-8-5-9-15-24/h4-20,22,29,33H,21H2,1-3H3,(H,34,36). The van der Waals surface area contributed by atoms with Crippen LogP contribution in [-0.2, 0) is 11.8 Å². The van der Waals surface area contributed by atoms with E-state index in [1.165, 1.54) is 0 Å². The molecule has 0 aliphatic heterocycles. The predicted octanol–water partition coefficient (Wildman–Crippen LogP) is 6.62. The fourth-order valence-electron chi connectivity index (χ4n) is 5.14. The van der Waals surface area contributed by atoms with Crippen molar-refractivity contribution in [3.8, 4) is 11.5 Å². The zero-order valence-corrected chi connectivity index (χ0v) is 21.9. The number of aromatic nitrogens is 1. The Kier molecular flexibility index (Phi) is 7.45. The second-order valence-electron chi connectivity index (χ2n) is 9.44. The van der Waals surface area contributed by atoms with E-state index in [4.69, 9.17) is 9.47 Å². The van der Waals surface area contributed by atoms with Gasteiger partial charge >= 0.3 is 0 Å². The molecule has 1 amide bonds. The minimum absolute atomic E-state index is 0.0394. The molecular weight excluding hydrogens is 472 g/mol. The Bertz CT molecular complexity index is 1460. The van der Waals surface area contributed by atoms with Crippen LogP contribution in [0.3, 0.4) is 0 Å². The molecule has 1 atom stereocenters. The average Bonchev–Trinajstić information content (AvgIpc) is 3.31. The number of benzene rings is 4. The smallest absolute Gasteiger partial charge is 0.221 e. The molecule has 0 fully saturated rings. The normalized spacial score (nSPS) is 11.9. The summed E-state index contributed by atoms with van der Waals surface area (Å²) in [6.07, 6.45) is 2.39. The van der Waals surface area contributed by atoms with E-state index in [1.54, 1.807) is 14.2 Å². The third kappa shape index (κ3) is 5.28. The summed E-state index contributed by atoms with van der Waals surface area (Å²) in [5, 5.41) is 4.45. The van der Waals surface area contributed by atoms with E-state index >= 15 is 0 Å². The molecule has 0 saturated carbocycles. The monoisotopic (exact) mass is 504 g/mol. The van der Waals surface area contributed by atoms with Crippen LogP contribution in [0.2, 0.25) is 0 Å². The van der Waals surface area contributed by atoms with Crippen LogP contribution in [0.25, 0.3) is 10.9 Å². The van der Waals surface area contributed by atoms with Crippen molar-refractivity contribution in [2.75, 3.05) is 14.2 Å². The molecule has 5 nitrogen and oxygen atoms in total. The van der Waals surface area contributed by atoms with E-state index in [-0.39, 0.29) is 24.3 Å². The van der Waals surface area contributed by atoms with Gasteiger partial charge in [0.05, 0.1) is 20.3 Å². The third-order valence-electron chi connectivity index (χ3n) is 7.04. The average molecular weight is 505 g/mol. The first kappa shape index (κ1) is 25.2. The van der Waals surface area contributed by atoms with E-state index in [0.717, 1.165) is 33.2 Å². The van der Waals surface area contributed by atoms with Gasteiger partial charge in [-0.2, -0.15) is 0 Å². The van der Waals surface area contributed by atoms with Crippen LogP contribution in [0.5, 0.6) is 11.5 Å². The van der Waals surface area contributed by atoms with Crippen LogP contribution in [0, 0.1) is 0 Å². The van der Waals surface area contributed by atoms with Crippen LogP contribution < -0.4 is 14.8 Å². The lowest BCUT2D eigenvalue weighted by Crippen LogP contribution is -2.30. The molecular formula is C33H32N2O3. The number of fused-ring (bicyclic) bond motifs is 1. The summed E-state index contributed by atoms with van der Waals surface area (Å²) in [5.74, 6) is 1.13. The zero-order chi connectivity index (χ0) is 26.5. The van der Waals surface area contributed by atoms with Crippen molar-refractivity contribution >= 4 is 16.8 Å². The molecule has 5 heteroatoms. The Balaban J connectivity index is 1.55. The van der Waals surface area contributed by atoms with Crippen LogP contribution in [-0.4, -0.2) is 24.7 Å². The zero-order valence-electron chi connectivity index (χ0n) is 21.9. The molecule has 0 bridgehead atoms. The minimum Gasteiger partial charge on any atom is -0.497 e. The van der Waals surface area contributed by atoms with Crippen molar-refractivity contribution in [2.45, 2.75) is 18.4 Å². The minimum atomic E-state index is -0.252. The van der Waals surface area contributed by atoms with Crippen molar-refractivity contribution in [1.82, 2.24) is 9.88 Å². The molecule has 1 aromatic heterocycles. The Morgan fingerprint density at radius 3 is 1.89 bits per heavy atom. The molecule has 0 spiro atoms. The number of aryl methyl sites for hydroxylation is 1. The number of para-hydroxylation sites is 1. The van der Waals surface area contributed by atoms with Gasteiger partial charge in [0, 0.05) is 42.6 Å². The first-order valence-corrected chi connectivity index (χ1v) is 12.7. The number of amides is 1. The molecule has 38 heavy (non-hydrogen) atoms. The van der Waals surface area contributed by atoms with Crippen molar-refractivity contribution in [1.29, 1.82) is 0 Å². The van der Waals surface area contributed by atoms with E-state index in [1.807, 2.05) is 98.0 Å². The van der Waals surface area contributed by atoms with Gasteiger partial charge in [-0.1, -0.05) is 78.9 Å². The lowest BCUT2D eigenvalue weighted by molar-refractivity contribution is -0.121. The highest BCUT2D eigenvalue weighted by molar-refractivity contribution is 5.87. The van der Waals surface area contributed by atoms with Gasteiger partial charge < -0.3 is 19.4 Å². The summed E-state index contributed by atoms with van der Waals surface area (Å²) in [6.45, 7) is 0. The quantitative estimate of drug-likeness (QED) is 0.245. The van der Waals surface area contributed by atoms with Gasteiger partial charge in [-0.05, 0) is 40.5 Å². The van der Waals surface area contributed by atoms with E-state index in [2.05, 4.69) is 28.2 Å². The number of hydrogen-bond donors (Lipinski definition) is 1. The second kappa shape index (κ2) is 11.3. The van der Waals surface area contributed by atoms with Gasteiger partial charge in [0.25, 0.3) is 0 Å². The largest absolute Gasteiger partial charge is 0.497 e. The van der Waals surface area contributed by atoms with Crippen molar-refractivity contribution in [3.05, 3.63) is 132 Å². The number of rotatable bonds is 9. The number of ether oxygens (including phenoxy) is 2. The van der Waals surface area contributed by atoms with Gasteiger partial charge in [0.1, 0.15) is 11.5 Å². The molecule has 1 N–H and O–H groups in total. The molecule has 5 aromatic rings. The molecule has 4 aromatic carbocycles. The predicted molar refractivity (Wildman–Crippen MR) is 152 cm³/mol. The maximum atomic E-state index is 13.8. The summed E-state index contributed by atoms with van der Waals surface area (Å²) in [4.78, 5) is 13.8. The highest BCUT2D eigenvalue weighted by atomic mass is 16.5. The van der Waals surface area contributed by atoms with E-state index in [9.17, 15) is 4.79 Å². The lowest BCUT2D eigenvalue weighted by Gasteiger charge is -2.23. The fraction of sp³-hybridized carbons (Fsp3) is 0.182. The highest BCUT2D eigenvalue weighted by Gasteiger charge is 2.25. The second-order valence-corrected chi connectivity index (χ2v) is 9.44. The van der Waals surface area contributed by atoms with Gasteiger partial charge in [-0.15, -0.1) is 0 Å². The number of nitrogens with one attached hydrogen (secondary N) is 1. The summed E-state index contributed by atoms with van der Waals surface area (Å²) in [6, 6.07) is 34.0. The Hall–Kier alpha value is -4.51. The topological polar surface area (TPSA) is 52.5 Å². The molecule has 0 saturated heterocycles. The number of nitrogens with zero attached hydrogens (tertiary/aromatic N) is 1. The Labute approximate surface area is 223 Å². The van der Waals surface area contributed by atoms with Gasteiger partial charge in [0.2, 0.25) is 5.91 Å². The summed E-state index contributed by atoms with van der Waals surface area (Å²) < 4.78 is 13.3. The third-order valence-corrected chi connectivity index (χ3v) is 7.04. The fourth-order valence-corrected chi connectivity index (χ4v) is 5.14. The van der Waals surface area contributed by atoms with Crippen LogP contribution in [0.4, 0.5) is 0 Å². The number of carbonyl (C=O) groups excluding carboxylic acids is 1. The molecule has 192 valence electrons. The van der Waals surface area contributed by atoms with Crippen molar-refractivity contribution < 1.29 is 14.3 Å². The SMILES string of the molecule is COc1cc(OC)cc(C(CC(=O)NC(c2ccccc2)c2ccccc2)c2cn(C)c3ccccc23)c1. The van der Waals surface area contributed by atoms with Crippen molar-refractivity contribution in [2.24, 2.45) is 7.05 Å². The lowest BCUT2D eigenvalue weighted by atomic mass is 9.87. The molecule has 5 rings (SSSR count). The Morgan fingerprint density at radius 1 is 0.763 bits per heavy atom. The first-order chi connectivity index (χ1) is 18.6. The van der Waals surface area contributed by atoms with Crippen molar-refractivity contribution in [3.63, 3.8) is 0 Å². The molecule has 0 aliphatic carbocycles. The van der Waals surface area contributed by atoms with Gasteiger partial charge in [0.15, 0.2) is 0 Å². The van der Waals surface area contributed by atoms with Crippen LogP contribution >= 0.6 is 0 Å². The van der Waals surface area contributed by atoms with Gasteiger partial charge in [-0.25, -0.2) is 0 Å². The van der Waals surface area contributed by atoms with E-state index < -0.39 is 0 Å². The summed E-state index contributed by atoms with van der Waals surface area (Å²) in [7, 11) is 5.32. The molecule has 0 aliphatic rings. The maximum Gasteiger partial charge on any atom is 0.221 e. The summed E-state index contributed by atoms with van der Waals surface area (Å²) in [5.41, 5.74) is 5.25. The number of carbonyl (C=O) groups is 1. The number of hydrogen-bond acceptors (Lipinski definition) is 3. The van der Waals surface area contributed by atoms with Gasteiger partial charge in [-0.3, -0.25) is 4.79 Å². The van der Waals surface area contributed by atoms with Crippen LogP contribution in [0.15, 0.2) is 109 Å². The molecule has 1 unspecified atom stereocenters. The molecule has 1 heterocycles. The highest BCUT2D eigenvalue weighted by Crippen LogP contribution is 2.38. The van der Waals surface area contributed by atoms with Crippen LogP contribution in [0.1, 0.15) is 40.6 Å². The van der Waals surface area contributed by atoms with E-state index in [0.29, 0.717) is 11.5 Å².